The molecule has 0 aliphatic carbocycles. The average Bonchev–Trinajstić information content (AvgIpc) is 2.78. The zero-order valence-electron chi connectivity index (χ0n) is 22.1. The van der Waals surface area contributed by atoms with Gasteiger partial charge in [-0.2, -0.15) is 0 Å². The standard InChI is InChI=1S/C30H55NO/c1-5-7-8-9-10-11-12-13-14-15-16-17-18-19-20-21-24-27(3)30(4,31)32-29-26-23-22-25-28(29)6-2/h22-23,25-27H,5-21,24,31H2,1-4H3. The third-order valence-corrected chi connectivity index (χ3v) is 7.15. The summed E-state index contributed by atoms with van der Waals surface area (Å²) in [6, 6.07) is 8.28. The summed E-state index contributed by atoms with van der Waals surface area (Å²) in [6.07, 6.45) is 24.7. The maximum atomic E-state index is 6.56. The fraction of sp³-hybridized carbons (Fsp3) is 0.800. The van der Waals surface area contributed by atoms with E-state index >= 15 is 0 Å². The topological polar surface area (TPSA) is 35.2 Å². The molecule has 1 rings (SSSR count). The summed E-state index contributed by atoms with van der Waals surface area (Å²) in [5, 5.41) is 0. The van der Waals surface area contributed by atoms with Gasteiger partial charge >= 0.3 is 0 Å². The maximum absolute atomic E-state index is 6.56. The first kappa shape index (κ1) is 29.0. The number of hydrogen-bond donors (Lipinski definition) is 1. The van der Waals surface area contributed by atoms with E-state index in [0.29, 0.717) is 5.92 Å². The molecule has 2 atom stereocenters. The van der Waals surface area contributed by atoms with Gasteiger partial charge in [0.25, 0.3) is 0 Å². The molecule has 0 aliphatic rings. The Bertz CT molecular complexity index is 554. The smallest absolute Gasteiger partial charge is 0.158 e. The Labute approximate surface area is 201 Å². The van der Waals surface area contributed by atoms with Crippen molar-refractivity contribution in [3.63, 3.8) is 0 Å². The van der Waals surface area contributed by atoms with Gasteiger partial charge in [0.1, 0.15) is 5.75 Å². The van der Waals surface area contributed by atoms with Crippen LogP contribution < -0.4 is 10.5 Å². The van der Waals surface area contributed by atoms with Crippen molar-refractivity contribution < 1.29 is 4.74 Å². The monoisotopic (exact) mass is 445 g/mol. The van der Waals surface area contributed by atoms with Crippen LogP contribution in [0.2, 0.25) is 0 Å². The summed E-state index contributed by atoms with van der Waals surface area (Å²) in [5.74, 6) is 1.29. The first-order chi connectivity index (χ1) is 15.5. The molecule has 1 aromatic carbocycles. The summed E-state index contributed by atoms with van der Waals surface area (Å²) >= 11 is 0. The summed E-state index contributed by atoms with van der Waals surface area (Å²) < 4.78 is 6.24. The lowest BCUT2D eigenvalue weighted by atomic mass is 9.93. The van der Waals surface area contributed by atoms with Crippen LogP contribution in [0.4, 0.5) is 0 Å². The molecule has 0 aliphatic heterocycles. The molecule has 0 radical (unpaired) electrons. The van der Waals surface area contributed by atoms with E-state index in [1.165, 1.54) is 108 Å². The Balaban J connectivity index is 1.98. The predicted molar refractivity (Wildman–Crippen MR) is 142 cm³/mol. The fourth-order valence-electron chi connectivity index (χ4n) is 4.52. The predicted octanol–water partition coefficient (Wildman–Crippen LogP) is 9.59. The number of para-hydroxylation sites is 1. The summed E-state index contributed by atoms with van der Waals surface area (Å²) in [7, 11) is 0. The number of hydrogen-bond acceptors (Lipinski definition) is 2. The van der Waals surface area contributed by atoms with Gasteiger partial charge in [0.15, 0.2) is 5.72 Å². The number of nitrogens with two attached hydrogens (primary N) is 1. The minimum atomic E-state index is -0.610. The molecule has 2 heteroatoms. The highest BCUT2D eigenvalue weighted by atomic mass is 16.5. The molecule has 1 aromatic rings. The molecule has 0 aromatic heterocycles. The fourth-order valence-corrected chi connectivity index (χ4v) is 4.52. The molecular weight excluding hydrogens is 390 g/mol. The van der Waals surface area contributed by atoms with Crippen molar-refractivity contribution in [1.29, 1.82) is 0 Å². The molecule has 0 spiro atoms. The van der Waals surface area contributed by atoms with Gasteiger partial charge in [-0.25, -0.2) is 0 Å². The van der Waals surface area contributed by atoms with Crippen molar-refractivity contribution in [3.8, 4) is 5.75 Å². The molecule has 0 amide bonds. The highest BCUT2D eigenvalue weighted by molar-refractivity contribution is 5.33. The van der Waals surface area contributed by atoms with Gasteiger partial charge in [0.2, 0.25) is 0 Å². The van der Waals surface area contributed by atoms with Gasteiger partial charge < -0.3 is 4.74 Å². The second kappa shape index (κ2) is 18.4. The minimum Gasteiger partial charge on any atom is -0.473 e. The van der Waals surface area contributed by atoms with Crippen LogP contribution in [0.5, 0.6) is 5.75 Å². The molecule has 2 N–H and O–H groups in total. The normalized spacial score (nSPS) is 14.3. The van der Waals surface area contributed by atoms with Gasteiger partial charge in [-0.3, -0.25) is 5.73 Å². The van der Waals surface area contributed by atoms with Gasteiger partial charge in [-0.15, -0.1) is 0 Å². The SMILES string of the molecule is CCCCCCCCCCCCCCCCCCC(C)C(C)(N)Oc1ccccc1CC. The Morgan fingerprint density at radius 1 is 0.719 bits per heavy atom. The Kier molecular flexibility index (Phi) is 16.7. The molecule has 32 heavy (non-hydrogen) atoms. The average molecular weight is 446 g/mol. The molecule has 2 unspecified atom stereocenters. The van der Waals surface area contributed by atoms with E-state index in [4.69, 9.17) is 10.5 Å². The lowest BCUT2D eigenvalue weighted by Gasteiger charge is -2.33. The lowest BCUT2D eigenvalue weighted by Crippen LogP contribution is -2.48. The largest absolute Gasteiger partial charge is 0.473 e. The van der Waals surface area contributed by atoms with Crippen molar-refractivity contribution in [2.45, 2.75) is 149 Å². The van der Waals surface area contributed by atoms with Crippen LogP contribution in [-0.2, 0) is 6.42 Å². The zero-order valence-corrected chi connectivity index (χ0v) is 22.1. The molecule has 0 fully saturated rings. The van der Waals surface area contributed by atoms with Crippen molar-refractivity contribution in [1.82, 2.24) is 0 Å². The van der Waals surface area contributed by atoms with Crippen LogP contribution >= 0.6 is 0 Å². The quantitative estimate of drug-likeness (QED) is 0.151. The minimum absolute atomic E-state index is 0.346. The van der Waals surface area contributed by atoms with Gasteiger partial charge in [-0.1, -0.05) is 142 Å². The number of benzene rings is 1. The van der Waals surface area contributed by atoms with Crippen LogP contribution in [-0.4, -0.2) is 5.72 Å². The van der Waals surface area contributed by atoms with Crippen molar-refractivity contribution in [2.75, 3.05) is 0 Å². The van der Waals surface area contributed by atoms with Crippen LogP contribution in [0, 0.1) is 5.92 Å². The number of unbranched alkanes of at least 4 members (excludes halogenated alkanes) is 15. The van der Waals surface area contributed by atoms with Crippen molar-refractivity contribution in [3.05, 3.63) is 29.8 Å². The van der Waals surface area contributed by atoms with E-state index in [-0.39, 0.29) is 0 Å². The highest BCUT2D eigenvalue weighted by Gasteiger charge is 2.28. The molecule has 0 saturated heterocycles. The van der Waals surface area contributed by atoms with E-state index in [9.17, 15) is 0 Å². The zero-order chi connectivity index (χ0) is 23.5. The van der Waals surface area contributed by atoms with E-state index in [1.54, 1.807) is 0 Å². The van der Waals surface area contributed by atoms with Crippen LogP contribution in [0.1, 0.15) is 142 Å². The van der Waals surface area contributed by atoms with Crippen LogP contribution in [0.15, 0.2) is 24.3 Å². The molecular formula is C30H55NO. The van der Waals surface area contributed by atoms with E-state index in [0.717, 1.165) is 18.6 Å². The molecule has 2 nitrogen and oxygen atoms in total. The summed E-state index contributed by atoms with van der Waals surface area (Å²) in [4.78, 5) is 0. The Hall–Kier alpha value is -1.02. The lowest BCUT2D eigenvalue weighted by molar-refractivity contribution is 0.0334. The third kappa shape index (κ3) is 13.5. The number of ether oxygens (including phenoxy) is 1. The van der Waals surface area contributed by atoms with Crippen molar-refractivity contribution in [2.24, 2.45) is 11.7 Å². The molecule has 0 heterocycles. The van der Waals surface area contributed by atoms with Gasteiger partial charge in [0, 0.05) is 5.92 Å². The van der Waals surface area contributed by atoms with Crippen LogP contribution in [0.3, 0.4) is 0 Å². The third-order valence-electron chi connectivity index (χ3n) is 7.15. The number of aryl methyl sites for hydroxylation is 1. The summed E-state index contributed by atoms with van der Waals surface area (Å²) in [6.45, 7) is 8.73. The highest BCUT2D eigenvalue weighted by Crippen LogP contribution is 2.28. The molecule has 186 valence electrons. The maximum Gasteiger partial charge on any atom is 0.158 e. The second-order valence-corrected chi connectivity index (χ2v) is 10.2. The molecule has 0 saturated carbocycles. The summed E-state index contributed by atoms with van der Waals surface area (Å²) in [5.41, 5.74) is 7.18. The van der Waals surface area contributed by atoms with E-state index in [1.807, 2.05) is 19.1 Å². The van der Waals surface area contributed by atoms with Crippen molar-refractivity contribution >= 4 is 0 Å². The van der Waals surface area contributed by atoms with Crippen LogP contribution in [0.25, 0.3) is 0 Å². The van der Waals surface area contributed by atoms with E-state index in [2.05, 4.69) is 32.9 Å². The molecule has 0 bridgehead atoms. The Morgan fingerprint density at radius 2 is 1.16 bits per heavy atom. The van der Waals surface area contributed by atoms with E-state index < -0.39 is 5.72 Å². The second-order valence-electron chi connectivity index (χ2n) is 10.2. The number of rotatable bonds is 21. The first-order valence-corrected chi connectivity index (χ1v) is 14.1. The Morgan fingerprint density at radius 3 is 1.62 bits per heavy atom. The first-order valence-electron chi connectivity index (χ1n) is 14.1. The van der Waals surface area contributed by atoms with Gasteiger partial charge in [-0.05, 0) is 31.4 Å². The van der Waals surface area contributed by atoms with Gasteiger partial charge in [0.05, 0.1) is 0 Å².